The molecule has 0 bridgehead atoms. The summed E-state index contributed by atoms with van der Waals surface area (Å²) < 4.78 is 15.5. The number of H-pyrrole nitrogens is 1. The van der Waals surface area contributed by atoms with Gasteiger partial charge in [0.25, 0.3) is 5.91 Å². The zero-order valence-electron chi connectivity index (χ0n) is 15.0. The number of carbonyl (C=O) groups excluding carboxylic acids is 3. The first-order valence-electron chi connectivity index (χ1n) is 8.30. The SMILES string of the molecule is CCOC(=O)c1c(C)[nH]c(C(=O)OC(C)C(=O)N2CCOCC2)c1C. The van der Waals surface area contributed by atoms with Crippen LogP contribution in [0.25, 0.3) is 0 Å². The van der Waals surface area contributed by atoms with Crippen LogP contribution in [0.3, 0.4) is 0 Å². The summed E-state index contributed by atoms with van der Waals surface area (Å²) >= 11 is 0. The van der Waals surface area contributed by atoms with Crippen LogP contribution < -0.4 is 0 Å². The average Bonchev–Trinajstić information content (AvgIpc) is 2.89. The number of aryl methyl sites for hydroxylation is 1. The van der Waals surface area contributed by atoms with E-state index in [2.05, 4.69) is 4.98 Å². The van der Waals surface area contributed by atoms with E-state index in [1.54, 1.807) is 25.7 Å². The first-order valence-corrected chi connectivity index (χ1v) is 8.30. The minimum atomic E-state index is -0.917. The van der Waals surface area contributed by atoms with E-state index in [4.69, 9.17) is 14.2 Å². The van der Waals surface area contributed by atoms with Crippen molar-refractivity contribution in [3.05, 3.63) is 22.5 Å². The molecule has 1 aliphatic rings. The highest BCUT2D eigenvalue weighted by atomic mass is 16.5. The first kappa shape index (κ1) is 19.0. The standard InChI is InChI=1S/C17H24N2O6/c1-5-24-16(21)13-10(2)14(18-11(13)3)17(22)25-12(4)15(20)19-6-8-23-9-7-19/h12,18H,5-9H2,1-4H3. The van der Waals surface area contributed by atoms with Crippen LogP contribution in [0.1, 0.15) is 46.0 Å². The van der Waals surface area contributed by atoms with E-state index >= 15 is 0 Å². The maximum atomic E-state index is 12.4. The van der Waals surface area contributed by atoms with E-state index in [1.807, 2.05) is 0 Å². The molecule has 2 heterocycles. The Morgan fingerprint density at radius 1 is 1.20 bits per heavy atom. The fourth-order valence-electron chi connectivity index (χ4n) is 2.77. The number of hydrogen-bond donors (Lipinski definition) is 1. The van der Waals surface area contributed by atoms with Gasteiger partial charge in [0.2, 0.25) is 0 Å². The van der Waals surface area contributed by atoms with Crippen molar-refractivity contribution in [3.63, 3.8) is 0 Å². The summed E-state index contributed by atoms with van der Waals surface area (Å²) in [5.41, 5.74) is 1.45. The van der Waals surface area contributed by atoms with Gasteiger partial charge in [0.05, 0.1) is 25.4 Å². The van der Waals surface area contributed by atoms with E-state index in [-0.39, 0.29) is 18.2 Å². The second-order valence-corrected chi connectivity index (χ2v) is 5.83. The van der Waals surface area contributed by atoms with Gasteiger partial charge in [0, 0.05) is 18.8 Å². The summed E-state index contributed by atoms with van der Waals surface area (Å²) in [4.78, 5) is 41.2. The topological polar surface area (TPSA) is 97.9 Å². The van der Waals surface area contributed by atoms with Gasteiger partial charge in [0.15, 0.2) is 6.10 Å². The summed E-state index contributed by atoms with van der Waals surface area (Å²) in [5.74, 6) is -1.43. The molecule has 0 saturated carbocycles. The Labute approximate surface area is 146 Å². The Morgan fingerprint density at radius 2 is 1.84 bits per heavy atom. The van der Waals surface area contributed by atoms with E-state index in [9.17, 15) is 14.4 Å². The maximum absolute atomic E-state index is 12.4. The van der Waals surface area contributed by atoms with Crippen LogP contribution in [-0.2, 0) is 19.0 Å². The molecule has 2 rings (SSSR count). The fraction of sp³-hybridized carbons (Fsp3) is 0.588. The minimum Gasteiger partial charge on any atom is -0.462 e. The molecule has 1 unspecified atom stereocenters. The molecule has 8 heteroatoms. The van der Waals surface area contributed by atoms with Crippen LogP contribution in [0.2, 0.25) is 0 Å². The Bertz CT molecular complexity index is 660. The Kier molecular flexibility index (Phi) is 6.19. The first-order chi connectivity index (χ1) is 11.9. The molecule has 1 aromatic rings. The predicted octanol–water partition coefficient (Wildman–Crippen LogP) is 1.21. The van der Waals surface area contributed by atoms with Crippen LogP contribution in [0, 0.1) is 13.8 Å². The molecule has 0 aliphatic carbocycles. The van der Waals surface area contributed by atoms with Gasteiger partial charge in [-0.25, -0.2) is 9.59 Å². The van der Waals surface area contributed by atoms with Crippen molar-refractivity contribution < 1.29 is 28.6 Å². The van der Waals surface area contributed by atoms with Crippen molar-refractivity contribution in [2.75, 3.05) is 32.9 Å². The fourth-order valence-corrected chi connectivity index (χ4v) is 2.77. The number of morpholine rings is 1. The Morgan fingerprint density at radius 3 is 2.44 bits per heavy atom. The van der Waals surface area contributed by atoms with Crippen LogP contribution in [-0.4, -0.2) is 66.7 Å². The van der Waals surface area contributed by atoms with Crippen LogP contribution >= 0.6 is 0 Å². The highest BCUT2D eigenvalue weighted by molar-refractivity contribution is 5.99. The molecule has 1 aliphatic heterocycles. The molecule has 0 radical (unpaired) electrons. The van der Waals surface area contributed by atoms with Gasteiger partial charge >= 0.3 is 11.9 Å². The molecule has 1 amide bonds. The van der Waals surface area contributed by atoms with Gasteiger partial charge in [0.1, 0.15) is 5.69 Å². The molecule has 1 fully saturated rings. The summed E-state index contributed by atoms with van der Waals surface area (Å²) in [7, 11) is 0. The van der Waals surface area contributed by atoms with Gasteiger partial charge in [-0.15, -0.1) is 0 Å². The zero-order valence-corrected chi connectivity index (χ0v) is 15.0. The molecule has 0 spiro atoms. The quantitative estimate of drug-likeness (QED) is 0.800. The average molecular weight is 352 g/mol. The lowest BCUT2D eigenvalue weighted by Gasteiger charge is -2.28. The molecular formula is C17H24N2O6. The second-order valence-electron chi connectivity index (χ2n) is 5.83. The van der Waals surface area contributed by atoms with Crippen molar-refractivity contribution in [1.82, 2.24) is 9.88 Å². The number of aromatic nitrogens is 1. The monoisotopic (exact) mass is 352 g/mol. The van der Waals surface area contributed by atoms with Crippen LogP contribution in [0.5, 0.6) is 0 Å². The molecular weight excluding hydrogens is 328 g/mol. The van der Waals surface area contributed by atoms with Gasteiger partial charge in [-0.3, -0.25) is 4.79 Å². The Hall–Kier alpha value is -2.35. The normalized spacial score (nSPS) is 15.6. The van der Waals surface area contributed by atoms with E-state index in [1.165, 1.54) is 6.92 Å². The molecule has 1 N–H and O–H groups in total. The number of ether oxygens (including phenoxy) is 3. The number of nitrogens with zero attached hydrogens (tertiary/aromatic N) is 1. The molecule has 25 heavy (non-hydrogen) atoms. The number of carbonyl (C=O) groups is 3. The third kappa shape index (κ3) is 4.19. The third-order valence-electron chi connectivity index (χ3n) is 4.08. The minimum absolute atomic E-state index is 0.155. The van der Waals surface area contributed by atoms with Crippen molar-refractivity contribution in [2.24, 2.45) is 0 Å². The second kappa shape index (κ2) is 8.15. The van der Waals surface area contributed by atoms with Crippen LogP contribution in [0.15, 0.2) is 0 Å². The highest BCUT2D eigenvalue weighted by Gasteiger charge is 2.29. The molecule has 0 aromatic carbocycles. The number of aromatic amines is 1. The molecule has 8 nitrogen and oxygen atoms in total. The highest BCUT2D eigenvalue weighted by Crippen LogP contribution is 2.20. The molecule has 138 valence electrons. The van der Waals surface area contributed by atoms with Gasteiger partial charge < -0.3 is 24.1 Å². The Balaban J connectivity index is 2.09. The van der Waals surface area contributed by atoms with Gasteiger partial charge in [-0.2, -0.15) is 0 Å². The van der Waals surface area contributed by atoms with Crippen LogP contribution in [0.4, 0.5) is 0 Å². The molecule has 1 aromatic heterocycles. The largest absolute Gasteiger partial charge is 0.462 e. The number of nitrogens with one attached hydrogen (secondary N) is 1. The molecule has 1 saturated heterocycles. The summed E-state index contributed by atoms with van der Waals surface area (Å²) in [6, 6.07) is 0. The summed E-state index contributed by atoms with van der Waals surface area (Å²) in [6.07, 6.45) is -0.917. The zero-order chi connectivity index (χ0) is 18.6. The summed E-state index contributed by atoms with van der Waals surface area (Å²) in [5, 5.41) is 0. The lowest BCUT2D eigenvalue weighted by molar-refractivity contribution is -0.143. The lowest BCUT2D eigenvalue weighted by atomic mass is 10.1. The van der Waals surface area contributed by atoms with Crippen molar-refractivity contribution >= 4 is 17.8 Å². The van der Waals surface area contributed by atoms with Crippen molar-refractivity contribution in [1.29, 1.82) is 0 Å². The number of amides is 1. The smallest absolute Gasteiger partial charge is 0.355 e. The third-order valence-corrected chi connectivity index (χ3v) is 4.08. The van der Waals surface area contributed by atoms with E-state index in [0.29, 0.717) is 43.1 Å². The van der Waals surface area contributed by atoms with E-state index in [0.717, 1.165) is 0 Å². The van der Waals surface area contributed by atoms with Gasteiger partial charge in [-0.1, -0.05) is 0 Å². The number of hydrogen-bond acceptors (Lipinski definition) is 6. The number of rotatable bonds is 5. The van der Waals surface area contributed by atoms with Gasteiger partial charge in [-0.05, 0) is 33.3 Å². The predicted molar refractivity (Wildman–Crippen MR) is 88.5 cm³/mol. The maximum Gasteiger partial charge on any atom is 0.355 e. The van der Waals surface area contributed by atoms with Crippen molar-refractivity contribution in [3.8, 4) is 0 Å². The summed E-state index contributed by atoms with van der Waals surface area (Å²) in [6.45, 7) is 8.72. The molecule has 1 atom stereocenters. The lowest BCUT2D eigenvalue weighted by Crippen LogP contribution is -2.46. The van der Waals surface area contributed by atoms with E-state index < -0.39 is 18.0 Å². The number of esters is 2. The van der Waals surface area contributed by atoms with Crippen molar-refractivity contribution in [2.45, 2.75) is 33.8 Å².